The molecule has 8 nitrogen and oxygen atoms in total. The summed E-state index contributed by atoms with van der Waals surface area (Å²) in [5.74, 6) is 2.31. The summed E-state index contributed by atoms with van der Waals surface area (Å²) in [4.78, 5) is 7.33. The molecule has 0 atom stereocenters. The molecule has 0 bridgehead atoms. The van der Waals surface area contributed by atoms with Crippen molar-refractivity contribution >= 4 is 5.95 Å². The first kappa shape index (κ1) is 18.2. The van der Waals surface area contributed by atoms with Crippen LogP contribution in [0.2, 0.25) is 0 Å². The van der Waals surface area contributed by atoms with Crippen molar-refractivity contribution < 1.29 is 14.2 Å². The van der Waals surface area contributed by atoms with Crippen LogP contribution in [-0.4, -0.2) is 30.9 Å². The molecule has 0 radical (unpaired) electrons. The maximum Gasteiger partial charge on any atom is 0.197 e. The molecular weight excluding hydrogens is 346 g/mol. The molecule has 0 aliphatic carbocycles. The maximum atomic E-state index is 8.86. The summed E-state index contributed by atoms with van der Waals surface area (Å²) < 4.78 is 17.6. The second kappa shape index (κ2) is 8.16. The number of methoxy groups -OCH3 is 3. The number of hydrogen-bond acceptors (Lipinski definition) is 5. The van der Waals surface area contributed by atoms with E-state index in [1.807, 2.05) is 48.7 Å². The van der Waals surface area contributed by atoms with Crippen molar-refractivity contribution in [1.29, 1.82) is 0 Å². The zero-order valence-electron chi connectivity index (χ0n) is 15.3. The summed E-state index contributed by atoms with van der Waals surface area (Å²) in [5.41, 5.74) is 11.4. The quantitative estimate of drug-likeness (QED) is 0.348. The van der Waals surface area contributed by atoms with Crippen molar-refractivity contribution in [3.63, 3.8) is 0 Å². The summed E-state index contributed by atoms with van der Waals surface area (Å²) in [5, 5.41) is 3.71. The van der Waals surface area contributed by atoms with Crippen molar-refractivity contribution in [1.82, 2.24) is 9.55 Å². The van der Waals surface area contributed by atoms with Gasteiger partial charge in [0.2, 0.25) is 0 Å². The smallest absolute Gasteiger partial charge is 0.197 e. The van der Waals surface area contributed by atoms with E-state index in [9.17, 15) is 0 Å². The largest absolute Gasteiger partial charge is 0.497 e. The molecule has 1 aromatic heterocycles. The predicted molar refractivity (Wildman–Crippen MR) is 102 cm³/mol. The van der Waals surface area contributed by atoms with Gasteiger partial charge >= 0.3 is 0 Å². The molecule has 1 heterocycles. The van der Waals surface area contributed by atoms with Crippen LogP contribution in [0, 0.1) is 0 Å². The highest BCUT2D eigenvalue weighted by atomic mass is 16.5. The number of azide groups is 1. The van der Waals surface area contributed by atoms with Crippen LogP contribution >= 0.6 is 0 Å². The normalized spacial score (nSPS) is 10.2. The van der Waals surface area contributed by atoms with Crippen LogP contribution in [0.5, 0.6) is 17.2 Å². The van der Waals surface area contributed by atoms with E-state index >= 15 is 0 Å². The lowest BCUT2D eigenvalue weighted by Gasteiger charge is -2.08. The zero-order valence-corrected chi connectivity index (χ0v) is 15.3. The highest BCUT2D eigenvalue weighted by Crippen LogP contribution is 2.33. The fourth-order valence-corrected chi connectivity index (χ4v) is 2.70. The molecule has 0 N–H and O–H groups in total. The van der Waals surface area contributed by atoms with Crippen LogP contribution in [0.4, 0.5) is 5.95 Å². The van der Waals surface area contributed by atoms with E-state index in [0.717, 1.165) is 16.9 Å². The molecule has 2 aromatic carbocycles. The molecule has 0 saturated carbocycles. The third-order valence-electron chi connectivity index (χ3n) is 4.08. The maximum absolute atomic E-state index is 8.86. The Morgan fingerprint density at radius 2 is 1.74 bits per heavy atom. The van der Waals surface area contributed by atoms with Crippen LogP contribution in [0.15, 0.2) is 53.8 Å². The van der Waals surface area contributed by atoms with Gasteiger partial charge in [-0.15, -0.1) is 0 Å². The summed E-state index contributed by atoms with van der Waals surface area (Å²) >= 11 is 0. The van der Waals surface area contributed by atoms with E-state index in [-0.39, 0.29) is 5.95 Å². The fraction of sp³-hybridized carbons (Fsp3) is 0.211. The lowest BCUT2D eigenvalue weighted by Crippen LogP contribution is -1.97. The standard InChI is InChI=1S/C19H19N5O3/c1-25-15-7-4-13(5-8-15)11-24-12-16(21-19(24)22-23-20)14-6-9-17(26-2)18(10-14)27-3/h4-10,12H,11H2,1-3H3. The average molecular weight is 365 g/mol. The molecule has 3 aromatic rings. The Hall–Kier alpha value is -3.64. The van der Waals surface area contributed by atoms with Gasteiger partial charge < -0.3 is 18.8 Å². The van der Waals surface area contributed by atoms with Gasteiger partial charge in [-0.05, 0) is 46.5 Å². The van der Waals surface area contributed by atoms with Crippen LogP contribution in [0.1, 0.15) is 5.56 Å². The summed E-state index contributed by atoms with van der Waals surface area (Å²) in [6.07, 6.45) is 1.84. The molecule has 0 aliphatic rings. The Morgan fingerprint density at radius 3 is 2.37 bits per heavy atom. The highest BCUT2D eigenvalue weighted by Gasteiger charge is 2.12. The Morgan fingerprint density at radius 1 is 1.00 bits per heavy atom. The third-order valence-corrected chi connectivity index (χ3v) is 4.08. The molecule has 3 rings (SSSR count). The van der Waals surface area contributed by atoms with E-state index < -0.39 is 0 Å². The van der Waals surface area contributed by atoms with Gasteiger partial charge in [-0.1, -0.05) is 12.1 Å². The van der Waals surface area contributed by atoms with Gasteiger partial charge in [0.15, 0.2) is 17.4 Å². The summed E-state index contributed by atoms with van der Waals surface area (Å²) in [6.45, 7) is 0.513. The van der Waals surface area contributed by atoms with E-state index in [4.69, 9.17) is 19.7 Å². The second-order valence-electron chi connectivity index (χ2n) is 5.66. The first-order chi connectivity index (χ1) is 13.2. The van der Waals surface area contributed by atoms with E-state index in [1.54, 1.807) is 25.9 Å². The first-order valence-corrected chi connectivity index (χ1v) is 8.16. The van der Waals surface area contributed by atoms with Gasteiger partial charge in [-0.25, -0.2) is 4.98 Å². The van der Waals surface area contributed by atoms with Gasteiger partial charge in [-0.3, -0.25) is 0 Å². The minimum atomic E-state index is 0.290. The zero-order chi connectivity index (χ0) is 19.2. The summed E-state index contributed by atoms with van der Waals surface area (Å²) in [7, 11) is 4.79. The molecule has 0 amide bonds. The van der Waals surface area contributed by atoms with Crippen LogP contribution in [0.25, 0.3) is 21.7 Å². The number of aromatic nitrogens is 2. The Balaban J connectivity index is 1.96. The number of nitrogens with zero attached hydrogens (tertiary/aromatic N) is 5. The van der Waals surface area contributed by atoms with Crippen molar-refractivity contribution in [2.75, 3.05) is 21.3 Å². The minimum absolute atomic E-state index is 0.290. The summed E-state index contributed by atoms with van der Waals surface area (Å²) in [6, 6.07) is 13.2. The van der Waals surface area contributed by atoms with Crippen molar-refractivity contribution in [3.8, 4) is 28.5 Å². The van der Waals surface area contributed by atoms with E-state index in [2.05, 4.69) is 15.0 Å². The molecule has 0 unspecified atom stereocenters. The molecule has 0 saturated heterocycles. The van der Waals surface area contributed by atoms with Crippen molar-refractivity contribution in [2.45, 2.75) is 6.54 Å². The first-order valence-electron chi connectivity index (χ1n) is 8.16. The third kappa shape index (κ3) is 3.96. The second-order valence-corrected chi connectivity index (χ2v) is 5.66. The number of imidazole rings is 1. The molecule has 138 valence electrons. The number of rotatable bonds is 7. The Labute approximate surface area is 156 Å². The molecule has 0 spiro atoms. The van der Waals surface area contributed by atoms with Gasteiger partial charge in [0.05, 0.1) is 27.0 Å². The van der Waals surface area contributed by atoms with Crippen molar-refractivity contribution in [3.05, 3.63) is 64.7 Å². The average Bonchev–Trinajstić information content (AvgIpc) is 3.10. The van der Waals surface area contributed by atoms with Crippen molar-refractivity contribution in [2.24, 2.45) is 5.11 Å². The number of hydrogen-bond donors (Lipinski definition) is 0. The monoisotopic (exact) mass is 365 g/mol. The number of benzene rings is 2. The van der Waals surface area contributed by atoms with Crippen LogP contribution in [0.3, 0.4) is 0 Å². The van der Waals surface area contributed by atoms with Gasteiger partial charge in [-0.2, -0.15) is 0 Å². The Bertz CT molecular complexity index is 976. The van der Waals surface area contributed by atoms with Gasteiger partial charge in [0.1, 0.15) is 5.75 Å². The van der Waals surface area contributed by atoms with Gasteiger partial charge in [0, 0.05) is 23.2 Å². The fourth-order valence-electron chi connectivity index (χ4n) is 2.70. The molecule has 0 aliphatic heterocycles. The SMILES string of the molecule is COc1ccc(Cn2cc(-c3ccc(OC)c(OC)c3)nc2N=[N+]=[N-])cc1. The van der Waals surface area contributed by atoms with Crippen LogP contribution < -0.4 is 14.2 Å². The Kier molecular flexibility index (Phi) is 5.49. The molecular formula is C19H19N5O3. The highest BCUT2D eigenvalue weighted by molar-refractivity contribution is 5.64. The van der Waals surface area contributed by atoms with Gasteiger partial charge in [0.25, 0.3) is 0 Å². The minimum Gasteiger partial charge on any atom is -0.497 e. The predicted octanol–water partition coefficient (Wildman–Crippen LogP) is 4.57. The molecule has 0 fully saturated rings. The molecule has 8 heteroatoms. The lowest BCUT2D eigenvalue weighted by atomic mass is 10.1. The number of ether oxygens (including phenoxy) is 3. The lowest BCUT2D eigenvalue weighted by molar-refractivity contribution is 0.355. The topological polar surface area (TPSA) is 94.3 Å². The van der Waals surface area contributed by atoms with E-state index in [1.165, 1.54) is 0 Å². The van der Waals surface area contributed by atoms with Crippen LogP contribution in [-0.2, 0) is 6.54 Å². The molecule has 27 heavy (non-hydrogen) atoms. The van der Waals surface area contributed by atoms with E-state index in [0.29, 0.717) is 23.7 Å².